The Morgan fingerprint density at radius 1 is 1.67 bits per heavy atom. The van der Waals surface area contributed by atoms with Crippen LogP contribution in [-0.4, -0.2) is 16.8 Å². The molecule has 6 heteroatoms. The monoisotopic (exact) mass is 225 g/mol. The van der Waals surface area contributed by atoms with Crippen molar-refractivity contribution in [3.8, 4) is 6.07 Å². The first kappa shape index (κ1) is 11.6. The average Bonchev–Trinajstić information content (AvgIpc) is 2.00. The van der Waals surface area contributed by atoms with E-state index in [1.807, 2.05) is 6.07 Å². The van der Waals surface area contributed by atoms with Gasteiger partial charge in [-0.3, -0.25) is 9.59 Å². The number of rotatable bonds is 1. The van der Waals surface area contributed by atoms with Crippen LogP contribution >= 0.6 is 12.2 Å². The number of amides is 2. The lowest BCUT2D eigenvalue weighted by atomic mass is 9.66. The number of hydrogen-bond donors (Lipinski definition) is 2. The zero-order chi connectivity index (χ0) is 11.8. The van der Waals surface area contributed by atoms with Crippen LogP contribution in [0.2, 0.25) is 0 Å². The van der Waals surface area contributed by atoms with Gasteiger partial charge in [-0.15, -0.1) is 0 Å². The Kier molecular flexibility index (Phi) is 2.77. The molecule has 1 aliphatic heterocycles. The van der Waals surface area contributed by atoms with E-state index in [-0.39, 0.29) is 4.99 Å². The number of nitrogens with two attached hydrogens (primary N) is 1. The predicted molar refractivity (Wildman–Crippen MR) is 56.3 cm³/mol. The molecule has 3 N–H and O–H groups in total. The molecule has 2 amide bonds. The highest BCUT2D eigenvalue weighted by atomic mass is 32.1. The number of carbonyl (C=O) groups excluding carboxylic acids is 2. The van der Waals surface area contributed by atoms with Crippen LogP contribution < -0.4 is 11.1 Å². The first-order valence-electron chi connectivity index (χ1n) is 4.36. The van der Waals surface area contributed by atoms with Crippen LogP contribution in [0.4, 0.5) is 0 Å². The van der Waals surface area contributed by atoms with E-state index in [9.17, 15) is 9.59 Å². The van der Waals surface area contributed by atoms with E-state index >= 15 is 0 Å². The van der Waals surface area contributed by atoms with Gasteiger partial charge in [-0.2, -0.15) is 5.26 Å². The molecule has 1 heterocycles. The van der Waals surface area contributed by atoms with Crippen molar-refractivity contribution in [1.82, 2.24) is 5.32 Å². The van der Waals surface area contributed by atoms with Gasteiger partial charge in [0.05, 0.1) is 17.0 Å². The molecule has 2 atom stereocenters. The smallest absolute Gasteiger partial charge is 0.242 e. The van der Waals surface area contributed by atoms with Gasteiger partial charge in [0, 0.05) is 5.41 Å². The molecule has 0 radical (unpaired) electrons. The molecule has 0 aromatic carbocycles. The van der Waals surface area contributed by atoms with Gasteiger partial charge in [0.1, 0.15) is 5.92 Å². The van der Waals surface area contributed by atoms with E-state index in [0.29, 0.717) is 0 Å². The summed E-state index contributed by atoms with van der Waals surface area (Å²) in [5, 5.41) is 11.2. The molecule has 0 aromatic rings. The lowest BCUT2D eigenvalue weighted by molar-refractivity contribution is -0.131. The number of nitrogens with zero attached hydrogens (tertiary/aromatic N) is 1. The Morgan fingerprint density at radius 2 is 2.20 bits per heavy atom. The van der Waals surface area contributed by atoms with E-state index in [1.54, 1.807) is 13.8 Å². The standard InChI is InChI=1S/C9H11N3O2S/c1-9(2)4(3-10)7(14)12-8(15)5(9)6(11)13/h4-5H,1-2H3,(H2,11,13)(H,12,14,15). The van der Waals surface area contributed by atoms with Crippen LogP contribution in [0.3, 0.4) is 0 Å². The molecule has 2 unspecified atom stereocenters. The van der Waals surface area contributed by atoms with Crippen LogP contribution in [0.15, 0.2) is 0 Å². The normalized spacial score (nSPS) is 29.1. The van der Waals surface area contributed by atoms with Crippen molar-refractivity contribution in [1.29, 1.82) is 5.26 Å². The van der Waals surface area contributed by atoms with Crippen LogP contribution in [-0.2, 0) is 9.59 Å². The van der Waals surface area contributed by atoms with Gasteiger partial charge in [0.15, 0.2) is 0 Å². The van der Waals surface area contributed by atoms with E-state index < -0.39 is 29.1 Å². The number of nitrogens with one attached hydrogen (secondary N) is 1. The van der Waals surface area contributed by atoms with E-state index in [1.165, 1.54) is 0 Å². The van der Waals surface area contributed by atoms with Crippen LogP contribution in [0.5, 0.6) is 0 Å². The summed E-state index contributed by atoms with van der Waals surface area (Å²) in [5.74, 6) is -2.79. The SMILES string of the molecule is CC1(C)C(C#N)C(=O)NC(=S)C1C(N)=O. The molecule has 0 aromatic heterocycles. The molecule has 0 saturated carbocycles. The van der Waals surface area contributed by atoms with Crippen LogP contribution in [0.1, 0.15) is 13.8 Å². The quantitative estimate of drug-likeness (QED) is 0.599. The summed E-state index contributed by atoms with van der Waals surface area (Å²) in [6.07, 6.45) is 0. The maximum atomic E-state index is 11.4. The van der Waals surface area contributed by atoms with E-state index in [2.05, 4.69) is 5.32 Å². The van der Waals surface area contributed by atoms with E-state index in [0.717, 1.165) is 0 Å². The third-order valence-electron chi connectivity index (χ3n) is 2.67. The third-order valence-corrected chi connectivity index (χ3v) is 3.01. The lowest BCUT2D eigenvalue weighted by Gasteiger charge is -2.39. The Hall–Kier alpha value is -1.48. The molecular weight excluding hydrogens is 214 g/mol. The van der Waals surface area contributed by atoms with Crippen molar-refractivity contribution in [2.45, 2.75) is 13.8 Å². The molecule has 15 heavy (non-hydrogen) atoms. The molecule has 1 fully saturated rings. The minimum atomic E-state index is -0.915. The molecule has 1 saturated heterocycles. The first-order chi connectivity index (χ1) is 6.82. The molecule has 0 aliphatic carbocycles. The molecule has 80 valence electrons. The highest BCUT2D eigenvalue weighted by Crippen LogP contribution is 2.38. The van der Waals surface area contributed by atoms with Gasteiger partial charge in [0.2, 0.25) is 11.8 Å². The third kappa shape index (κ3) is 1.70. The summed E-state index contributed by atoms with van der Waals surface area (Å²) in [5.41, 5.74) is 4.35. The second-order valence-electron chi connectivity index (χ2n) is 4.07. The fraction of sp³-hybridized carbons (Fsp3) is 0.556. The van der Waals surface area contributed by atoms with Crippen molar-refractivity contribution in [2.75, 3.05) is 0 Å². The summed E-state index contributed by atoms with van der Waals surface area (Å²) >= 11 is 4.89. The Labute approximate surface area is 92.6 Å². The predicted octanol–water partition coefficient (Wildman–Crippen LogP) is -0.289. The summed E-state index contributed by atoms with van der Waals surface area (Å²) < 4.78 is 0. The molecule has 5 nitrogen and oxygen atoms in total. The molecular formula is C9H11N3O2S. The van der Waals surface area contributed by atoms with Crippen molar-refractivity contribution >= 4 is 29.0 Å². The highest BCUT2D eigenvalue weighted by molar-refractivity contribution is 7.80. The summed E-state index contributed by atoms with van der Waals surface area (Å²) in [7, 11) is 0. The molecule has 1 aliphatic rings. The molecule has 1 rings (SSSR count). The second kappa shape index (κ2) is 3.59. The van der Waals surface area contributed by atoms with Crippen molar-refractivity contribution < 1.29 is 9.59 Å². The van der Waals surface area contributed by atoms with E-state index in [4.69, 9.17) is 23.2 Å². The maximum absolute atomic E-state index is 11.4. The molecule has 0 spiro atoms. The zero-order valence-electron chi connectivity index (χ0n) is 8.40. The van der Waals surface area contributed by atoms with Gasteiger partial charge in [-0.1, -0.05) is 26.1 Å². The topological polar surface area (TPSA) is 96.0 Å². The largest absolute Gasteiger partial charge is 0.369 e. The van der Waals surface area contributed by atoms with Crippen molar-refractivity contribution in [2.24, 2.45) is 23.0 Å². The minimum absolute atomic E-state index is 0.101. The van der Waals surface area contributed by atoms with Gasteiger partial charge in [-0.25, -0.2) is 0 Å². The number of primary amides is 1. The van der Waals surface area contributed by atoms with Crippen molar-refractivity contribution in [3.05, 3.63) is 0 Å². The summed E-state index contributed by atoms with van der Waals surface area (Å²) in [6.45, 7) is 3.28. The zero-order valence-corrected chi connectivity index (χ0v) is 9.22. The number of hydrogen-bond acceptors (Lipinski definition) is 4. The summed E-state index contributed by atoms with van der Waals surface area (Å²) in [6, 6.07) is 1.87. The van der Waals surface area contributed by atoms with Crippen LogP contribution in [0.25, 0.3) is 0 Å². The summed E-state index contributed by atoms with van der Waals surface area (Å²) in [4.78, 5) is 22.8. The minimum Gasteiger partial charge on any atom is -0.369 e. The average molecular weight is 225 g/mol. The fourth-order valence-corrected chi connectivity index (χ4v) is 2.35. The Morgan fingerprint density at radius 3 is 2.60 bits per heavy atom. The highest BCUT2D eigenvalue weighted by Gasteiger charge is 2.50. The van der Waals surface area contributed by atoms with Gasteiger partial charge < -0.3 is 11.1 Å². The van der Waals surface area contributed by atoms with Crippen LogP contribution in [0, 0.1) is 28.6 Å². The Balaban J connectivity index is 3.21. The molecule has 0 bridgehead atoms. The van der Waals surface area contributed by atoms with Gasteiger partial charge >= 0.3 is 0 Å². The Bertz CT molecular complexity index is 383. The maximum Gasteiger partial charge on any atom is 0.242 e. The fourth-order valence-electron chi connectivity index (χ4n) is 1.83. The number of nitriles is 1. The first-order valence-corrected chi connectivity index (χ1v) is 4.76. The lowest BCUT2D eigenvalue weighted by Crippen LogP contribution is -2.58. The van der Waals surface area contributed by atoms with Gasteiger partial charge in [-0.05, 0) is 0 Å². The number of thiocarbonyl (C=S) groups is 1. The van der Waals surface area contributed by atoms with Gasteiger partial charge in [0.25, 0.3) is 0 Å². The second-order valence-corrected chi connectivity index (χ2v) is 4.51. The number of piperidine rings is 1. The van der Waals surface area contributed by atoms with Crippen molar-refractivity contribution in [3.63, 3.8) is 0 Å². The number of carbonyl (C=O) groups is 2.